The van der Waals surface area contributed by atoms with Gasteiger partial charge in [-0.25, -0.2) is 9.50 Å². The van der Waals surface area contributed by atoms with Crippen LogP contribution in [0.5, 0.6) is 0 Å². The molecular formula is C19H26N4O3. The van der Waals surface area contributed by atoms with Crippen molar-refractivity contribution >= 4 is 17.5 Å². The van der Waals surface area contributed by atoms with Crippen LogP contribution in [0.1, 0.15) is 41.9 Å². The number of carbonyl (C=O) groups is 2. The number of rotatable bonds is 4. The van der Waals surface area contributed by atoms with E-state index in [9.17, 15) is 9.59 Å². The SMILES string of the molecule is COC(=O)C1CCN(C(=O)CCc2c(C)nc3cc(C)nn3c2C)CC1. The predicted molar refractivity (Wildman–Crippen MR) is 96.8 cm³/mol. The van der Waals surface area contributed by atoms with Crippen LogP contribution >= 0.6 is 0 Å². The fourth-order valence-electron chi connectivity index (χ4n) is 3.72. The van der Waals surface area contributed by atoms with E-state index in [-0.39, 0.29) is 17.8 Å². The number of amides is 1. The van der Waals surface area contributed by atoms with Gasteiger partial charge in [-0.2, -0.15) is 5.10 Å². The molecule has 1 saturated heterocycles. The fourth-order valence-corrected chi connectivity index (χ4v) is 3.72. The summed E-state index contributed by atoms with van der Waals surface area (Å²) in [7, 11) is 1.41. The van der Waals surface area contributed by atoms with E-state index in [2.05, 4.69) is 10.1 Å². The molecule has 0 spiro atoms. The number of carbonyl (C=O) groups excluding carboxylic acids is 2. The number of piperidine rings is 1. The number of methoxy groups -OCH3 is 1. The molecule has 3 rings (SSSR count). The second-order valence-electron chi connectivity index (χ2n) is 7.00. The van der Waals surface area contributed by atoms with Crippen LogP contribution in [-0.4, -0.2) is 51.6 Å². The monoisotopic (exact) mass is 358 g/mol. The largest absolute Gasteiger partial charge is 0.469 e. The minimum absolute atomic E-state index is 0.0804. The molecule has 2 aromatic rings. The molecule has 0 atom stereocenters. The van der Waals surface area contributed by atoms with Gasteiger partial charge in [-0.3, -0.25) is 9.59 Å². The zero-order valence-corrected chi connectivity index (χ0v) is 15.9. The maximum atomic E-state index is 12.6. The molecule has 26 heavy (non-hydrogen) atoms. The number of hydrogen-bond donors (Lipinski definition) is 0. The van der Waals surface area contributed by atoms with Crippen molar-refractivity contribution in [3.63, 3.8) is 0 Å². The van der Waals surface area contributed by atoms with Crippen LogP contribution in [0.25, 0.3) is 5.65 Å². The highest BCUT2D eigenvalue weighted by atomic mass is 16.5. The van der Waals surface area contributed by atoms with E-state index in [4.69, 9.17) is 4.74 Å². The van der Waals surface area contributed by atoms with Crippen LogP contribution in [-0.2, 0) is 20.7 Å². The van der Waals surface area contributed by atoms with Crippen molar-refractivity contribution in [1.82, 2.24) is 19.5 Å². The van der Waals surface area contributed by atoms with Crippen LogP contribution in [0.2, 0.25) is 0 Å². The molecule has 0 bridgehead atoms. The van der Waals surface area contributed by atoms with E-state index in [1.54, 1.807) is 0 Å². The molecule has 0 radical (unpaired) electrons. The summed E-state index contributed by atoms with van der Waals surface area (Å²) in [5.74, 6) is -0.121. The highest BCUT2D eigenvalue weighted by molar-refractivity contribution is 5.77. The quantitative estimate of drug-likeness (QED) is 0.781. The smallest absolute Gasteiger partial charge is 0.308 e. The van der Waals surface area contributed by atoms with Gasteiger partial charge in [0.15, 0.2) is 5.65 Å². The molecule has 2 aromatic heterocycles. The highest BCUT2D eigenvalue weighted by Crippen LogP contribution is 2.21. The fraction of sp³-hybridized carbons (Fsp3) is 0.579. The van der Waals surface area contributed by atoms with Crippen LogP contribution in [0.3, 0.4) is 0 Å². The maximum Gasteiger partial charge on any atom is 0.308 e. The second-order valence-corrected chi connectivity index (χ2v) is 7.00. The van der Waals surface area contributed by atoms with Crippen LogP contribution in [0.15, 0.2) is 6.07 Å². The van der Waals surface area contributed by atoms with Crippen molar-refractivity contribution in [3.05, 3.63) is 28.7 Å². The number of likely N-dealkylation sites (tertiary alicyclic amines) is 1. The van der Waals surface area contributed by atoms with Crippen LogP contribution in [0, 0.1) is 26.7 Å². The average Bonchev–Trinajstić information content (AvgIpc) is 3.01. The lowest BCUT2D eigenvalue weighted by Gasteiger charge is -2.30. The van der Waals surface area contributed by atoms with E-state index >= 15 is 0 Å². The van der Waals surface area contributed by atoms with Crippen LogP contribution in [0.4, 0.5) is 0 Å². The molecule has 0 unspecified atom stereocenters. The molecule has 1 aliphatic heterocycles. The molecule has 3 heterocycles. The predicted octanol–water partition coefficient (Wildman–Crippen LogP) is 2.00. The standard InChI is InChI=1S/C19H26N4O3/c1-12-11-17-20-13(2)16(14(3)23(17)21-12)5-6-18(24)22-9-7-15(8-10-22)19(25)26-4/h11,15H,5-10H2,1-4H3. The minimum atomic E-state index is -0.169. The molecule has 1 amide bonds. The Morgan fingerprint density at radius 1 is 1.23 bits per heavy atom. The molecule has 1 aliphatic rings. The lowest BCUT2D eigenvalue weighted by atomic mass is 9.96. The lowest BCUT2D eigenvalue weighted by Crippen LogP contribution is -2.40. The first-order chi connectivity index (χ1) is 12.4. The topological polar surface area (TPSA) is 76.8 Å². The number of nitrogens with zero attached hydrogens (tertiary/aromatic N) is 4. The number of ether oxygens (including phenoxy) is 1. The summed E-state index contributed by atoms with van der Waals surface area (Å²) in [6.07, 6.45) is 2.44. The third-order valence-electron chi connectivity index (χ3n) is 5.26. The van der Waals surface area contributed by atoms with Gasteiger partial charge < -0.3 is 9.64 Å². The normalized spacial score (nSPS) is 15.5. The maximum absolute atomic E-state index is 12.6. The molecule has 0 aromatic carbocycles. The van der Waals surface area contributed by atoms with E-state index in [0.717, 1.165) is 28.3 Å². The van der Waals surface area contributed by atoms with Gasteiger partial charge in [-0.05, 0) is 45.6 Å². The summed E-state index contributed by atoms with van der Waals surface area (Å²) >= 11 is 0. The first-order valence-electron chi connectivity index (χ1n) is 9.08. The zero-order valence-electron chi connectivity index (χ0n) is 15.9. The lowest BCUT2D eigenvalue weighted by molar-refractivity contribution is -0.148. The van der Waals surface area contributed by atoms with E-state index in [0.29, 0.717) is 38.8 Å². The average molecular weight is 358 g/mol. The third-order valence-corrected chi connectivity index (χ3v) is 5.26. The Balaban J connectivity index is 1.63. The summed E-state index contributed by atoms with van der Waals surface area (Å²) in [5, 5.41) is 4.48. The second kappa shape index (κ2) is 7.43. The van der Waals surface area contributed by atoms with Gasteiger partial charge in [-0.15, -0.1) is 0 Å². The Morgan fingerprint density at radius 3 is 2.58 bits per heavy atom. The summed E-state index contributed by atoms with van der Waals surface area (Å²) in [6.45, 7) is 7.19. The Bertz CT molecular complexity index is 835. The minimum Gasteiger partial charge on any atom is -0.469 e. The number of esters is 1. The van der Waals surface area contributed by atoms with Gasteiger partial charge >= 0.3 is 5.97 Å². The van der Waals surface area contributed by atoms with Crippen molar-refractivity contribution in [3.8, 4) is 0 Å². The third kappa shape index (κ3) is 3.57. The van der Waals surface area contributed by atoms with Crippen molar-refractivity contribution < 1.29 is 14.3 Å². The van der Waals surface area contributed by atoms with Crippen molar-refractivity contribution in [2.45, 2.75) is 46.5 Å². The zero-order chi connectivity index (χ0) is 18.8. The molecule has 140 valence electrons. The number of aryl methyl sites for hydroxylation is 3. The highest BCUT2D eigenvalue weighted by Gasteiger charge is 2.27. The van der Waals surface area contributed by atoms with Gasteiger partial charge in [0.25, 0.3) is 0 Å². The van der Waals surface area contributed by atoms with Gasteiger partial charge in [0.2, 0.25) is 5.91 Å². The first-order valence-corrected chi connectivity index (χ1v) is 9.08. The molecule has 0 aliphatic carbocycles. The number of hydrogen-bond acceptors (Lipinski definition) is 5. The van der Waals surface area contributed by atoms with Gasteiger partial charge in [0.05, 0.1) is 18.7 Å². The summed E-state index contributed by atoms with van der Waals surface area (Å²) < 4.78 is 6.65. The Labute approximate surface area is 153 Å². The van der Waals surface area contributed by atoms with Gasteiger partial charge in [-0.1, -0.05) is 0 Å². The first kappa shape index (κ1) is 18.4. The van der Waals surface area contributed by atoms with Crippen molar-refractivity contribution in [2.75, 3.05) is 20.2 Å². The number of fused-ring (bicyclic) bond motifs is 1. The van der Waals surface area contributed by atoms with Crippen molar-refractivity contribution in [2.24, 2.45) is 5.92 Å². The van der Waals surface area contributed by atoms with Gasteiger partial charge in [0.1, 0.15) is 0 Å². The molecular weight excluding hydrogens is 332 g/mol. The molecule has 0 saturated carbocycles. The molecule has 1 fully saturated rings. The molecule has 7 nitrogen and oxygen atoms in total. The van der Waals surface area contributed by atoms with Crippen LogP contribution < -0.4 is 0 Å². The summed E-state index contributed by atoms with van der Waals surface area (Å²) in [6, 6.07) is 1.96. The van der Waals surface area contributed by atoms with E-state index in [1.807, 2.05) is 36.3 Å². The van der Waals surface area contributed by atoms with E-state index in [1.165, 1.54) is 7.11 Å². The molecule has 7 heteroatoms. The van der Waals surface area contributed by atoms with E-state index < -0.39 is 0 Å². The Kier molecular flexibility index (Phi) is 5.25. The Hall–Kier alpha value is -2.44. The number of aromatic nitrogens is 3. The Morgan fingerprint density at radius 2 is 1.92 bits per heavy atom. The van der Waals surface area contributed by atoms with Gasteiger partial charge in [0, 0.05) is 37.0 Å². The molecule has 0 N–H and O–H groups in total. The summed E-state index contributed by atoms with van der Waals surface area (Å²) in [4.78, 5) is 30.6. The summed E-state index contributed by atoms with van der Waals surface area (Å²) in [5.41, 5.74) is 4.85. The van der Waals surface area contributed by atoms with Crippen molar-refractivity contribution in [1.29, 1.82) is 0 Å².